The molecule has 0 aliphatic rings. The second-order valence-electron chi connectivity index (χ2n) is 4.55. The molecule has 0 unspecified atom stereocenters. The first kappa shape index (κ1) is 13.7. The molecule has 0 atom stereocenters. The molecule has 0 aliphatic heterocycles. The van der Waals surface area contributed by atoms with Crippen LogP contribution in [-0.4, -0.2) is 38.8 Å². The maximum Gasteiger partial charge on any atom is 0.375 e. The minimum Gasteiger partial charge on any atom is -0.477 e. The zero-order chi connectivity index (χ0) is 14.1. The fraction of sp³-hybridized carbons (Fsp3) is 0.400. The van der Waals surface area contributed by atoms with Gasteiger partial charge in [0, 0.05) is 5.54 Å². The third-order valence-electron chi connectivity index (χ3n) is 1.80. The number of nitrogens with zero attached hydrogens (tertiary/aromatic N) is 1. The third-order valence-corrected chi connectivity index (χ3v) is 1.80. The van der Waals surface area contributed by atoms with E-state index in [1.807, 2.05) is 0 Å². The fourth-order valence-electron chi connectivity index (χ4n) is 1.19. The summed E-state index contributed by atoms with van der Waals surface area (Å²) < 4.78 is 4.36. The Labute approximate surface area is 102 Å². The van der Waals surface area contributed by atoms with Crippen LogP contribution >= 0.6 is 0 Å². The standard InChI is InChI=1S/C10H12N2O6/c1-10(2,3)11-7(13)5-4(8(14)15)6(9(16)17)18-12-5/h1-3H3,(H,11,13)(H,14,15)(H,16,17). The van der Waals surface area contributed by atoms with E-state index >= 15 is 0 Å². The van der Waals surface area contributed by atoms with Crippen molar-refractivity contribution in [1.82, 2.24) is 10.5 Å². The van der Waals surface area contributed by atoms with Gasteiger partial charge in [0.05, 0.1) is 0 Å². The van der Waals surface area contributed by atoms with Gasteiger partial charge in [-0.05, 0) is 20.8 Å². The molecule has 1 aromatic heterocycles. The maximum absolute atomic E-state index is 11.7. The predicted octanol–water partition coefficient (Wildman–Crippen LogP) is 0.599. The van der Waals surface area contributed by atoms with Crippen molar-refractivity contribution in [1.29, 1.82) is 0 Å². The summed E-state index contributed by atoms with van der Waals surface area (Å²) >= 11 is 0. The molecule has 0 saturated heterocycles. The fourth-order valence-corrected chi connectivity index (χ4v) is 1.19. The number of nitrogens with one attached hydrogen (secondary N) is 1. The van der Waals surface area contributed by atoms with Crippen LogP contribution in [-0.2, 0) is 0 Å². The van der Waals surface area contributed by atoms with Gasteiger partial charge in [-0.1, -0.05) is 5.16 Å². The lowest BCUT2D eigenvalue weighted by molar-refractivity contribution is 0.0618. The molecule has 1 rings (SSSR count). The minimum atomic E-state index is -1.60. The van der Waals surface area contributed by atoms with Crippen LogP contribution in [0.1, 0.15) is 52.2 Å². The Hall–Kier alpha value is -2.38. The zero-order valence-corrected chi connectivity index (χ0v) is 9.97. The van der Waals surface area contributed by atoms with Crippen molar-refractivity contribution in [3.63, 3.8) is 0 Å². The average Bonchev–Trinajstić information content (AvgIpc) is 2.58. The maximum atomic E-state index is 11.7. The molecule has 0 aliphatic carbocycles. The van der Waals surface area contributed by atoms with Crippen molar-refractivity contribution < 1.29 is 29.1 Å². The van der Waals surface area contributed by atoms with E-state index in [0.717, 1.165) is 0 Å². The monoisotopic (exact) mass is 256 g/mol. The Bertz CT molecular complexity index is 511. The number of carbonyl (C=O) groups is 3. The van der Waals surface area contributed by atoms with E-state index in [9.17, 15) is 14.4 Å². The Balaban J connectivity index is 3.22. The molecule has 98 valence electrons. The molecule has 0 saturated carbocycles. The summed E-state index contributed by atoms with van der Waals surface area (Å²) in [5.74, 6) is -4.87. The van der Waals surface area contributed by atoms with Gasteiger partial charge in [-0.3, -0.25) is 4.79 Å². The van der Waals surface area contributed by atoms with E-state index in [2.05, 4.69) is 15.0 Å². The summed E-state index contributed by atoms with van der Waals surface area (Å²) in [5.41, 5.74) is -1.94. The highest BCUT2D eigenvalue weighted by Crippen LogP contribution is 2.15. The summed E-state index contributed by atoms with van der Waals surface area (Å²) in [4.78, 5) is 33.4. The van der Waals surface area contributed by atoms with Crippen molar-refractivity contribution in [2.24, 2.45) is 0 Å². The summed E-state index contributed by atoms with van der Waals surface area (Å²) in [6.07, 6.45) is 0. The van der Waals surface area contributed by atoms with Crippen LogP contribution in [0.25, 0.3) is 0 Å². The van der Waals surface area contributed by atoms with Crippen LogP contribution in [0.3, 0.4) is 0 Å². The quantitative estimate of drug-likeness (QED) is 0.721. The number of carbonyl (C=O) groups excluding carboxylic acids is 1. The Morgan fingerprint density at radius 3 is 2.11 bits per heavy atom. The van der Waals surface area contributed by atoms with Gasteiger partial charge in [0.1, 0.15) is 5.56 Å². The summed E-state index contributed by atoms with van der Waals surface area (Å²) in [6, 6.07) is 0. The van der Waals surface area contributed by atoms with Crippen molar-refractivity contribution in [3.05, 3.63) is 17.0 Å². The van der Waals surface area contributed by atoms with Gasteiger partial charge in [0.25, 0.3) is 11.7 Å². The summed E-state index contributed by atoms with van der Waals surface area (Å²) in [6.45, 7) is 5.05. The molecule has 1 heterocycles. The van der Waals surface area contributed by atoms with Gasteiger partial charge in [-0.25, -0.2) is 9.59 Å². The van der Waals surface area contributed by atoms with Crippen molar-refractivity contribution in [2.75, 3.05) is 0 Å². The molecule has 3 N–H and O–H groups in total. The van der Waals surface area contributed by atoms with Crippen LogP contribution < -0.4 is 5.32 Å². The Kier molecular flexibility index (Phi) is 3.40. The highest BCUT2D eigenvalue weighted by molar-refractivity contribution is 6.08. The number of carboxylic acid groups (broad SMARTS) is 2. The SMILES string of the molecule is CC(C)(C)NC(=O)c1noc(C(=O)O)c1C(=O)O. The van der Waals surface area contributed by atoms with Crippen LogP contribution in [0.15, 0.2) is 4.52 Å². The molecule has 0 spiro atoms. The van der Waals surface area contributed by atoms with E-state index in [1.165, 1.54) is 0 Å². The zero-order valence-electron chi connectivity index (χ0n) is 9.97. The average molecular weight is 256 g/mol. The van der Waals surface area contributed by atoms with Gasteiger partial charge < -0.3 is 20.1 Å². The number of hydrogen-bond donors (Lipinski definition) is 3. The van der Waals surface area contributed by atoms with Gasteiger partial charge >= 0.3 is 11.9 Å². The molecule has 0 radical (unpaired) electrons. The van der Waals surface area contributed by atoms with Crippen molar-refractivity contribution in [2.45, 2.75) is 26.3 Å². The van der Waals surface area contributed by atoms with E-state index in [0.29, 0.717) is 0 Å². The summed E-state index contributed by atoms with van der Waals surface area (Å²) in [7, 11) is 0. The van der Waals surface area contributed by atoms with Gasteiger partial charge in [-0.15, -0.1) is 0 Å². The lowest BCUT2D eigenvalue weighted by Crippen LogP contribution is -2.41. The largest absolute Gasteiger partial charge is 0.477 e. The minimum absolute atomic E-state index is 0.560. The number of hydrogen-bond acceptors (Lipinski definition) is 5. The van der Waals surface area contributed by atoms with E-state index in [1.54, 1.807) is 20.8 Å². The smallest absolute Gasteiger partial charge is 0.375 e. The van der Waals surface area contributed by atoms with E-state index in [4.69, 9.17) is 10.2 Å². The second-order valence-corrected chi connectivity index (χ2v) is 4.55. The first-order valence-corrected chi connectivity index (χ1v) is 4.92. The first-order chi connectivity index (χ1) is 8.13. The molecule has 0 bridgehead atoms. The molecule has 18 heavy (non-hydrogen) atoms. The Morgan fingerprint density at radius 2 is 1.72 bits per heavy atom. The lowest BCUT2D eigenvalue weighted by atomic mass is 10.1. The molecular formula is C10H12N2O6. The molecule has 8 nitrogen and oxygen atoms in total. The lowest BCUT2D eigenvalue weighted by Gasteiger charge is -2.19. The van der Waals surface area contributed by atoms with Gasteiger partial charge in [0.15, 0.2) is 5.69 Å². The highest BCUT2D eigenvalue weighted by atomic mass is 16.5. The normalized spacial score (nSPS) is 11.1. The van der Waals surface area contributed by atoms with Crippen molar-refractivity contribution >= 4 is 17.8 Å². The highest BCUT2D eigenvalue weighted by Gasteiger charge is 2.32. The number of carboxylic acids is 2. The molecule has 1 aromatic rings. The van der Waals surface area contributed by atoms with Crippen LogP contribution in [0, 0.1) is 0 Å². The number of rotatable bonds is 3. The topological polar surface area (TPSA) is 130 Å². The van der Waals surface area contributed by atoms with Crippen molar-refractivity contribution in [3.8, 4) is 0 Å². The predicted molar refractivity (Wildman–Crippen MR) is 57.6 cm³/mol. The van der Waals surface area contributed by atoms with Crippen LogP contribution in [0.4, 0.5) is 0 Å². The number of aromatic nitrogens is 1. The molecule has 1 amide bonds. The second kappa shape index (κ2) is 4.47. The summed E-state index contributed by atoms with van der Waals surface area (Å²) in [5, 5.41) is 23.3. The molecule has 0 aromatic carbocycles. The van der Waals surface area contributed by atoms with E-state index < -0.39 is 40.4 Å². The van der Waals surface area contributed by atoms with Crippen LogP contribution in [0.2, 0.25) is 0 Å². The molecule has 0 fully saturated rings. The van der Waals surface area contributed by atoms with Gasteiger partial charge in [-0.2, -0.15) is 0 Å². The third kappa shape index (κ3) is 2.84. The number of amides is 1. The molecule has 8 heteroatoms. The van der Waals surface area contributed by atoms with Gasteiger partial charge in [0.2, 0.25) is 0 Å². The molecular weight excluding hydrogens is 244 g/mol. The Morgan fingerprint density at radius 1 is 1.17 bits per heavy atom. The number of aromatic carboxylic acids is 2. The van der Waals surface area contributed by atoms with E-state index in [-0.39, 0.29) is 0 Å². The van der Waals surface area contributed by atoms with Crippen LogP contribution in [0.5, 0.6) is 0 Å². The first-order valence-electron chi connectivity index (χ1n) is 4.92.